The molecule has 0 fully saturated rings. The van der Waals surface area contributed by atoms with Crippen molar-refractivity contribution in [2.75, 3.05) is 12.4 Å². The fraction of sp³-hybridized carbons (Fsp3) is 0.300. The maximum absolute atomic E-state index is 13.8. The van der Waals surface area contributed by atoms with E-state index in [1.165, 1.54) is 0 Å². The maximum Gasteiger partial charge on any atom is 0.308 e. The molecule has 3 aromatic carbocycles. The average Bonchev–Trinajstić information content (AvgIpc) is 3.23. The number of hydrogen-bond acceptors (Lipinski definition) is 5. The minimum atomic E-state index is -0.691. The second kappa shape index (κ2) is 12.6. The number of carbonyl (C=O) groups is 3. The first-order valence-corrected chi connectivity index (χ1v) is 13.6. The van der Waals surface area contributed by atoms with Crippen LogP contribution in [0.4, 0.5) is 0 Å². The molecule has 1 aliphatic rings. The van der Waals surface area contributed by atoms with Gasteiger partial charge in [-0.25, -0.2) is 0 Å². The molecule has 6 nitrogen and oxygen atoms in total. The summed E-state index contributed by atoms with van der Waals surface area (Å²) in [4.78, 5) is 41.1. The third-order valence-corrected chi connectivity index (χ3v) is 7.48. The number of ether oxygens (including phenoxy) is 1. The first-order valence-electron chi connectivity index (χ1n) is 12.5. The van der Waals surface area contributed by atoms with Crippen molar-refractivity contribution in [2.45, 2.75) is 44.6 Å². The first kappa shape index (κ1) is 26.5. The van der Waals surface area contributed by atoms with Gasteiger partial charge in [0.15, 0.2) is 0 Å². The van der Waals surface area contributed by atoms with Gasteiger partial charge in [0.05, 0.1) is 19.1 Å². The topological polar surface area (TPSA) is 75.7 Å². The van der Waals surface area contributed by atoms with E-state index in [-0.39, 0.29) is 30.8 Å². The Morgan fingerprint density at radius 3 is 2.41 bits per heavy atom. The van der Waals surface area contributed by atoms with Crippen LogP contribution in [0.15, 0.2) is 78.9 Å². The quantitative estimate of drug-likeness (QED) is 0.361. The number of hydrogen-bond donors (Lipinski definition) is 1. The van der Waals surface area contributed by atoms with E-state index in [4.69, 9.17) is 4.74 Å². The molecule has 4 rings (SSSR count). The molecule has 1 N–H and O–H groups in total. The van der Waals surface area contributed by atoms with Crippen LogP contribution < -0.4 is 5.32 Å². The smallest absolute Gasteiger partial charge is 0.308 e. The van der Waals surface area contributed by atoms with Crippen LogP contribution >= 0.6 is 11.8 Å². The van der Waals surface area contributed by atoms with E-state index >= 15 is 0 Å². The highest BCUT2D eigenvalue weighted by molar-refractivity contribution is 7.98. The van der Waals surface area contributed by atoms with Crippen LogP contribution in [0.5, 0.6) is 0 Å². The summed E-state index contributed by atoms with van der Waals surface area (Å²) in [6.45, 7) is 4.39. The molecular formula is C30H32N2O4S. The van der Waals surface area contributed by atoms with Crippen LogP contribution in [0, 0.1) is 6.92 Å². The number of rotatable bonds is 11. The van der Waals surface area contributed by atoms with E-state index < -0.39 is 12.1 Å². The molecule has 0 bridgehead atoms. The van der Waals surface area contributed by atoms with Crippen molar-refractivity contribution in [3.05, 3.63) is 107 Å². The molecule has 192 valence electrons. The number of aryl methyl sites for hydroxylation is 1. The van der Waals surface area contributed by atoms with Crippen LogP contribution in [-0.2, 0) is 26.6 Å². The molecule has 7 heteroatoms. The van der Waals surface area contributed by atoms with Gasteiger partial charge in [-0.15, -0.1) is 0 Å². The van der Waals surface area contributed by atoms with Crippen molar-refractivity contribution in [1.29, 1.82) is 0 Å². The number of fused-ring (bicyclic) bond motifs is 1. The highest BCUT2D eigenvalue weighted by Gasteiger charge is 2.37. The van der Waals surface area contributed by atoms with Crippen molar-refractivity contribution in [2.24, 2.45) is 0 Å². The Morgan fingerprint density at radius 1 is 1.00 bits per heavy atom. The van der Waals surface area contributed by atoms with Crippen LogP contribution in [0.2, 0.25) is 0 Å². The minimum absolute atomic E-state index is 0.0146. The zero-order valence-electron chi connectivity index (χ0n) is 21.2. The van der Waals surface area contributed by atoms with Gasteiger partial charge >= 0.3 is 5.97 Å². The molecule has 1 aliphatic heterocycles. The molecular weight excluding hydrogens is 484 g/mol. The Balaban J connectivity index is 1.55. The second-order valence-electron chi connectivity index (χ2n) is 9.09. The highest BCUT2D eigenvalue weighted by atomic mass is 32.2. The van der Waals surface area contributed by atoms with Crippen LogP contribution in [0.1, 0.15) is 52.0 Å². The number of carbonyl (C=O) groups excluding carboxylic acids is 3. The molecule has 1 heterocycles. The van der Waals surface area contributed by atoms with E-state index in [0.29, 0.717) is 17.9 Å². The van der Waals surface area contributed by atoms with Crippen molar-refractivity contribution in [3.63, 3.8) is 0 Å². The zero-order chi connectivity index (χ0) is 26.2. The van der Waals surface area contributed by atoms with Gasteiger partial charge in [0, 0.05) is 23.6 Å². The Labute approximate surface area is 222 Å². The summed E-state index contributed by atoms with van der Waals surface area (Å²) in [5, 5.41) is 3.07. The van der Waals surface area contributed by atoms with E-state index in [2.05, 4.69) is 5.32 Å². The molecule has 3 aromatic rings. The van der Waals surface area contributed by atoms with Gasteiger partial charge in [0.25, 0.3) is 5.91 Å². The molecule has 0 saturated carbocycles. The monoisotopic (exact) mass is 516 g/mol. The number of nitrogens with zero attached hydrogens (tertiary/aromatic N) is 1. The Hall–Kier alpha value is -3.58. The van der Waals surface area contributed by atoms with Gasteiger partial charge in [0.2, 0.25) is 5.91 Å². The predicted octanol–water partition coefficient (Wildman–Crippen LogP) is 5.06. The molecule has 2 amide bonds. The van der Waals surface area contributed by atoms with Gasteiger partial charge in [0.1, 0.15) is 6.04 Å². The van der Waals surface area contributed by atoms with Crippen molar-refractivity contribution < 1.29 is 19.1 Å². The molecule has 0 aliphatic carbocycles. The molecule has 0 saturated heterocycles. The third kappa shape index (κ3) is 6.80. The fourth-order valence-electron chi connectivity index (χ4n) is 4.40. The van der Waals surface area contributed by atoms with E-state index in [1.807, 2.05) is 79.7 Å². The summed E-state index contributed by atoms with van der Waals surface area (Å²) in [5.41, 5.74) is 4.61. The van der Waals surface area contributed by atoms with Crippen molar-refractivity contribution in [1.82, 2.24) is 10.2 Å². The number of nitrogens with one attached hydrogen (secondary N) is 1. The van der Waals surface area contributed by atoms with E-state index in [1.54, 1.807) is 29.7 Å². The zero-order valence-corrected chi connectivity index (χ0v) is 22.0. The largest absolute Gasteiger partial charge is 0.466 e. The molecule has 0 aromatic heterocycles. The number of esters is 1. The molecule has 2 atom stereocenters. The average molecular weight is 517 g/mol. The molecule has 0 radical (unpaired) electrons. The van der Waals surface area contributed by atoms with Crippen LogP contribution in [0.25, 0.3) is 0 Å². The lowest BCUT2D eigenvalue weighted by molar-refractivity contribution is -0.144. The summed E-state index contributed by atoms with van der Waals surface area (Å²) < 4.78 is 5.17. The summed E-state index contributed by atoms with van der Waals surface area (Å²) >= 11 is 1.61. The standard InChI is InChI=1S/C30H32N2O4S/c1-3-36-28(33)17-26(23-15-13-21(2)14-16-23)31-29(34)27(20-37-19-22-9-5-4-6-10-22)32-18-24-11-7-8-12-25(24)30(32)35/h4-16,26-27H,3,17-20H2,1-2H3,(H,31,34). The number of benzene rings is 3. The maximum atomic E-state index is 13.8. The lowest BCUT2D eigenvalue weighted by Gasteiger charge is -2.29. The Bertz CT molecular complexity index is 1230. The second-order valence-corrected chi connectivity index (χ2v) is 10.1. The lowest BCUT2D eigenvalue weighted by atomic mass is 10.0. The summed E-state index contributed by atoms with van der Waals surface area (Å²) in [6, 6.07) is 24.0. The van der Waals surface area contributed by atoms with Gasteiger partial charge in [-0.1, -0.05) is 78.4 Å². The van der Waals surface area contributed by atoms with Gasteiger partial charge in [-0.05, 0) is 36.6 Å². The lowest BCUT2D eigenvalue weighted by Crippen LogP contribution is -2.49. The Morgan fingerprint density at radius 2 is 1.70 bits per heavy atom. The minimum Gasteiger partial charge on any atom is -0.466 e. The van der Waals surface area contributed by atoms with Crippen LogP contribution in [0.3, 0.4) is 0 Å². The number of amides is 2. The molecule has 0 spiro atoms. The summed E-state index contributed by atoms with van der Waals surface area (Å²) in [7, 11) is 0. The van der Waals surface area contributed by atoms with Crippen molar-refractivity contribution >= 4 is 29.5 Å². The van der Waals surface area contributed by atoms with E-state index in [9.17, 15) is 14.4 Å². The van der Waals surface area contributed by atoms with Crippen LogP contribution in [-0.4, -0.2) is 41.1 Å². The normalized spacial score (nSPS) is 14.1. The van der Waals surface area contributed by atoms with Crippen molar-refractivity contribution in [3.8, 4) is 0 Å². The number of thioether (sulfide) groups is 1. The fourth-order valence-corrected chi connectivity index (χ4v) is 5.50. The first-order chi connectivity index (χ1) is 18.0. The van der Waals surface area contributed by atoms with Gasteiger partial charge in [-0.2, -0.15) is 11.8 Å². The van der Waals surface area contributed by atoms with Gasteiger partial charge < -0.3 is 15.0 Å². The predicted molar refractivity (Wildman–Crippen MR) is 146 cm³/mol. The van der Waals surface area contributed by atoms with Gasteiger partial charge in [-0.3, -0.25) is 14.4 Å². The third-order valence-electron chi connectivity index (χ3n) is 6.39. The molecule has 37 heavy (non-hydrogen) atoms. The summed E-state index contributed by atoms with van der Waals surface area (Å²) in [5.74, 6) is 0.350. The molecule has 2 unspecified atom stereocenters. The SMILES string of the molecule is CCOC(=O)CC(NC(=O)C(CSCc1ccccc1)N1Cc2ccccc2C1=O)c1ccc(C)cc1. The Kier molecular flexibility index (Phi) is 9.01. The van der Waals surface area contributed by atoms with E-state index in [0.717, 1.165) is 28.0 Å². The highest BCUT2D eigenvalue weighted by Crippen LogP contribution is 2.28. The summed E-state index contributed by atoms with van der Waals surface area (Å²) in [6.07, 6.45) is 0.0146.